The van der Waals surface area contributed by atoms with Crippen LogP contribution in [0.15, 0.2) is 72.9 Å². The Balaban J connectivity index is 0.812. The zero-order valence-corrected chi connectivity index (χ0v) is 35.4. The van der Waals surface area contributed by atoms with Crippen LogP contribution in [0.3, 0.4) is 0 Å². The van der Waals surface area contributed by atoms with E-state index < -0.39 is 6.04 Å². The number of methoxy groups -OCH3 is 1. The number of carbonyl (C=O) groups excluding carboxylic acids is 3. The maximum Gasteiger partial charge on any atom is 0.255 e. The van der Waals surface area contributed by atoms with E-state index in [1.165, 1.54) is 5.30 Å². The first-order valence-corrected chi connectivity index (χ1v) is 22.9. The molecule has 0 spiro atoms. The van der Waals surface area contributed by atoms with Crippen molar-refractivity contribution in [3.05, 3.63) is 94.6 Å². The van der Waals surface area contributed by atoms with Gasteiger partial charge in [-0.1, -0.05) is 62.0 Å². The monoisotopic (exact) mass is 835 g/mol. The summed E-state index contributed by atoms with van der Waals surface area (Å²) >= 11 is 6.52. The lowest BCUT2D eigenvalue weighted by molar-refractivity contribution is -0.136. The fourth-order valence-corrected chi connectivity index (χ4v) is 9.74. The first kappa shape index (κ1) is 40.7. The lowest BCUT2D eigenvalue weighted by Crippen LogP contribution is -2.53. The number of fused-ring (bicyclic) bond motifs is 1. The normalized spacial score (nSPS) is 19.4. The number of para-hydroxylation sites is 1. The molecule has 3 fully saturated rings. The van der Waals surface area contributed by atoms with E-state index in [1.807, 2.05) is 42.5 Å². The molecule has 0 radical (unpaired) electrons. The predicted molar refractivity (Wildman–Crippen MR) is 236 cm³/mol. The van der Waals surface area contributed by atoms with Crippen molar-refractivity contribution >= 4 is 77.5 Å². The molecular weight excluding hydrogens is 785 g/mol. The number of rotatable bonds is 12. The van der Waals surface area contributed by atoms with Gasteiger partial charge in [0.05, 0.1) is 19.0 Å². The number of ether oxygens (including phenoxy) is 1. The highest BCUT2D eigenvalue weighted by atomic mass is 35.5. The van der Waals surface area contributed by atoms with Crippen molar-refractivity contribution in [2.45, 2.75) is 44.3 Å². The van der Waals surface area contributed by atoms with Crippen molar-refractivity contribution in [3.8, 4) is 5.75 Å². The van der Waals surface area contributed by atoms with Gasteiger partial charge >= 0.3 is 0 Å². The van der Waals surface area contributed by atoms with Crippen molar-refractivity contribution in [3.63, 3.8) is 0 Å². The Morgan fingerprint density at radius 3 is 2.49 bits per heavy atom. The second-order valence-corrected chi connectivity index (χ2v) is 18.3. The second kappa shape index (κ2) is 18.0. The van der Waals surface area contributed by atoms with Crippen molar-refractivity contribution in [2.75, 3.05) is 81.8 Å². The van der Waals surface area contributed by atoms with Gasteiger partial charge in [0.2, 0.25) is 17.8 Å². The van der Waals surface area contributed by atoms with Gasteiger partial charge in [0.15, 0.2) is 5.82 Å². The van der Waals surface area contributed by atoms with E-state index in [9.17, 15) is 14.4 Å². The third-order valence-electron chi connectivity index (χ3n) is 11.8. The molecule has 4 aliphatic rings. The standard InChI is InChI=1S/C44H51ClN9O4P/c1-58-38-26-31(13-14-35(38)48-44-46-27-34(45)41(50-44)47-36-11-4-5-12-39(36)59(2)3)52-20-17-30(18-21-52)53-24-22-51(23-25-53)19-7-9-29-8-6-10-32-33(29)28-54(43(32)57)37-15-16-40(55)49-42(37)56/h4-14,26-27,30,37H,15-25,28H2,1-3H3,(H,49,55,56)(H2,46,47,48,50)/b9-7-. The molecule has 0 aliphatic carbocycles. The number of aromatic nitrogens is 2. The molecule has 8 rings (SSSR count). The molecule has 4 aliphatic heterocycles. The minimum absolute atomic E-state index is 0.144. The molecule has 0 bridgehead atoms. The van der Waals surface area contributed by atoms with E-state index in [-0.39, 0.29) is 32.1 Å². The number of piperazine rings is 1. The lowest BCUT2D eigenvalue weighted by Gasteiger charge is -2.43. The van der Waals surface area contributed by atoms with Crippen LogP contribution < -0.4 is 30.9 Å². The van der Waals surface area contributed by atoms with Gasteiger partial charge in [0, 0.05) is 87.8 Å². The fraction of sp³-hybridized carbons (Fsp3) is 0.386. The van der Waals surface area contributed by atoms with Crippen LogP contribution in [-0.2, 0) is 16.1 Å². The van der Waals surface area contributed by atoms with Gasteiger partial charge in [0.25, 0.3) is 5.91 Å². The first-order valence-electron chi connectivity index (χ1n) is 20.3. The Labute approximate surface area is 351 Å². The molecular formula is C44H51ClN9O4P. The zero-order valence-electron chi connectivity index (χ0n) is 33.8. The number of benzene rings is 3. The molecule has 308 valence electrons. The maximum atomic E-state index is 13.2. The maximum absolute atomic E-state index is 13.2. The predicted octanol–water partition coefficient (Wildman–Crippen LogP) is 6.05. The number of amides is 3. The summed E-state index contributed by atoms with van der Waals surface area (Å²) < 4.78 is 5.84. The Bertz CT molecular complexity index is 2240. The van der Waals surface area contributed by atoms with Crippen LogP contribution in [0.2, 0.25) is 5.02 Å². The average molecular weight is 836 g/mol. The van der Waals surface area contributed by atoms with Crippen molar-refractivity contribution in [2.24, 2.45) is 0 Å². The number of piperidine rings is 2. The van der Waals surface area contributed by atoms with E-state index in [2.05, 4.69) is 79.3 Å². The summed E-state index contributed by atoms with van der Waals surface area (Å²) in [6.07, 6.45) is 8.71. The molecule has 3 N–H and O–H groups in total. The summed E-state index contributed by atoms with van der Waals surface area (Å²) in [5, 5.41) is 10.8. The number of hydrogen-bond donors (Lipinski definition) is 3. The molecule has 1 atom stereocenters. The highest BCUT2D eigenvalue weighted by Crippen LogP contribution is 2.35. The largest absolute Gasteiger partial charge is 0.494 e. The molecule has 0 saturated carbocycles. The van der Waals surface area contributed by atoms with Gasteiger partial charge in [-0.2, -0.15) is 4.98 Å². The summed E-state index contributed by atoms with van der Waals surface area (Å²) in [6, 6.07) is 20.2. The minimum Gasteiger partial charge on any atom is -0.494 e. The molecule has 4 aromatic rings. The highest BCUT2D eigenvalue weighted by molar-refractivity contribution is 7.64. The van der Waals surface area contributed by atoms with Crippen LogP contribution in [0, 0.1) is 0 Å². The summed E-state index contributed by atoms with van der Waals surface area (Å²) in [7, 11) is 1.36. The molecule has 3 saturated heterocycles. The molecule has 1 aromatic heterocycles. The average Bonchev–Trinajstić information content (AvgIpc) is 3.58. The van der Waals surface area contributed by atoms with E-state index in [1.54, 1.807) is 18.2 Å². The van der Waals surface area contributed by atoms with E-state index in [0.717, 1.165) is 92.6 Å². The molecule has 59 heavy (non-hydrogen) atoms. The Morgan fingerprint density at radius 2 is 1.73 bits per heavy atom. The SMILES string of the molecule is COc1cc(N2CCC(N3CCN(C/C=C\c4cccc5c4CN(C4CCC(=O)NC4=O)C5=O)CC3)CC2)ccc1Nc1ncc(Cl)c(Nc2ccccc2P(C)C)n1. The number of anilines is 5. The van der Waals surface area contributed by atoms with Crippen LogP contribution in [-0.4, -0.2) is 121 Å². The number of halogens is 1. The summed E-state index contributed by atoms with van der Waals surface area (Å²) in [5.41, 5.74) is 5.48. The van der Waals surface area contributed by atoms with E-state index in [0.29, 0.717) is 41.4 Å². The second-order valence-electron chi connectivity index (χ2n) is 15.7. The van der Waals surface area contributed by atoms with Crippen molar-refractivity contribution < 1.29 is 19.1 Å². The fourth-order valence-electron chi connectivity index (χ4n) is 8.61. The molecule has 3 aromatic carbocycles. The summed E-state index contributed by atoms with van der Waals surface area (Å²) in [5.74, 6) is 0.869. The molecule has 1 unspecified atom stereocenters. The number of carbonyl (C=O) groups is 3. The number of nitrogens with zero attached hydrogens (tertiary/aromatic N) is 6. The van der Waals surface area contributed by atoms with E-state index in [4.69, 9.17) is 21.3 Å². The quantitative estimate of drug-likeness (QED) is 0.114. The van der Waals surface area contributed by atoms with Gasteiger partial charge in [-0.15, -0.1) is 0 Å². The van der Waals surface area contributed by atoms with Crippen LogP contribution >= 0.6 is 19.5 Å². The van der Waals surface area contributed by atoms with Crippen LogP contribution in [0.4, 0.5) is 28.8 Å². The van der Waals surface area contributed by atoms with Crippen molar-refractivity contribution in [1.82, 2.24) is 30.0 Å². The van der Waals surface area contributed by atoms with Gasteiger partial charge in [-0.25, -0.2) is 4.98 Å². The first-order chi connectivity index (χ1) is 28.6. The molecule has 3 amide bonds. The van der Waals surface area contributed by atoms with Gasteiger partial charge in [0.1, 0.15) is 16.8 Å². The number of hydrogen-bond acceptors (Lipinski definition) is 11. The van der Waals surface area contributed by atoms with Crippen molar-refractivity contribution in [1.29, 1.82) is 0 Å². The van der Waals surface area contributed by atoms with E-state index >= 15 is 0 Å². The highest BCUT2D eigenvalue weighted by Gasteiger charge is 2.39. The lowest BCUT2D eigenvalue weighted by atomic mass is 10.0. The third kappa shape index (κ3) is 9.09. The molecule has 15 heteroatoms. The Morgan fingerprint density at radius 1 is 0.932 bits per heavy atom. The number of imide groups is 1. The van der Waals surface area contributed by atoms with Crippen LogP contribution in [0.5, 0.6) is 5.75 Å². The van der Waals surface area contributed by atoms with Crippen LogP contribution in [0.1, 0.15) is 47.2 Å². The Kier molecular flexibility index (Phi) is 12.4. The number of nitrogens with one attached hydrogen (secondary N) is 3. The molecule has 5 heterocycles. The van der Waals surface area contributed by atoms with Gasteiger partial charge < -0.3 is 25.2 Å². The Hall–Kier alpha value is -5.07. The summed E-state index contributed by atoms with van der Waals surface area (Å²) in [4.78, 5) is 55.7. The van der Waals surface area contributed by atoms with Gasteiger partial charge in [-0.05, 0) is 73.3 Å². The topological polar surface area (TPSA) is 135 Å². The van der Waals surface area contributed by atoms with Crippen LogP contribution in [0.25, 0.3) is 6.08 Å². The third-order valence-corrected chi connectivity index (χ3v) is 13.5. The smallest absolute Gasteiger partial charge is 0.255 e. The van der Waals surface area contributed by atoms with Gasteiger partial charge in [-0.3, -0.25) is 29.5 Å². The summed E-state index contributed by atoms with van der Waals surface area (Å²) in [6.45, 7) is 11.7. The minimum atomic E-state index is -0.611. The zero-order chi connectivity index (χ0) is 41.0. The molecule has 13 nitrogen and oxygen atoms in total.